The predicted octanol–water partition coefficient (Wildman–Crippen LogP) is 8.71. The Hall–Kier alpha value is -3.44. The molecule has 1 aliphatic carbocycles. The van der Waals surface area contributed by atoms with Gasteiger partial charge in [-0.2, -0.15) is 18.2 Å². The van der Waals surface area contributed by atoms with Crippen molar-refractivity contribution in [3.05, 3.63) is 82.8 Å². The molecular formula is C36H48F3N3O4Si. The molecule has 1 aliphatic rings. The van der Waals surface area contributed by atoms with Crippen LogP contribution >= 0.6 is 0 Å². The van der Waals surface area contributed by atoms with Gasteiger partial charge in [-0.1, -0.05) is 76.1 Å². The summed E-state index contributed by atoms with van der Waals surface area (Å²) in [6.45, 7) is 15.4. The zero-order chi connectivity index (χ0) is 34.6. The second-order valence-electron chi connectivity index (χ2n) is 14.4. The Morgan fingerprint density at radius 1 is 1.00 bits per heavy atom. The third-order valence-electron chi connectivity index (χ3n) is 9.69. The number of benzene rings is 2. The number of carbonyl (C=O) groups is 1. The van der Waals surface area contributed by atoms with E-state index in [1.807, 2.05) is 44.2 Å². The molecule has 1 aromatic heterocycles. The van der Waals surface area contributed by atoms with Gasteiger partial charge in [0.15, 0.2) is 14.0 Å². The zero-order valence-corrected chi connectivity index (χ0v) is 29.6. The summed E-state index contributed by atoms with van der Waals surface area (Å²) in [5, 5.41) is 11.3. The number of halogens is 3. The summed E-state index contributed by atoms with van der Waals surface area (Å²) in [6, 6.07) is 14.4. The minimum Gasteiger partial charge on any atom is -0.491 e. The smallest absolute Gasteiger partial charge is 0.416 e. The van der Waals surface area contributed by atoms with Crippen LogP contribution in [-0.4, -0.2) is 53.4 Å². The van der Waals surface area contributed by atoms with Gasteiger partial charge in [0.05, 0.1) is 12.2 Å². The van der Waals surface area contributed by atoms with Crippen molar-refractivity contribution in [2.24, 2.45) is 0 Å². The van der Waals surface area contributed by atoms with E-state index in [2.05, 4.69) is 38.8 Å². The van der Waals surface area contributed by atoms with Gasteiger partial charge in [0.2, 0.25) is 5.75 Å². The van der Waals surface area contributed by atoms with Crippen LogP contribution in [0.5, 0.6) is 11.6 Å². The fourth-order valence-electron chi connectivity index (χ4n) is 5.85. The molecule has 0 spiro atoms. The lowest BCUT2D eigenvalue weighted by Crippen LogP contribution is -2.45. The number of aromatic hydroxyl groups is 1. The van der Waals surface area contributed by atoms with Gasteiger partial charge in [-0.05, 0) is 68.1 Å². The number of amides is 1. The molecule has 0 saturated heterocycles. The zero-order valence-electron chi connectivity index (χ0n) is 28.6. The summed E-state index contributed by atoms with van der Waals surface area (Å²) in [5.41, 5.74) is 0.311. The largest absolute Gasteiger partial charge is 0.491 e. The predicted molar refractivity (Wildman–Crippen MR) is 179 cm³/mol. The molecule has 1 heterocycles. The van der Waals surface area contributed by atoms with Crippen LogP contribution in [-0.2, 0) is 29.0 Å². The number of hydrogen-bond acceptors (Lipinski definition) is 6. The first kappa shape index (κ1) is 36.4. The van der Waals surface area contributed by atoms with Crippen LogP contribution in [0, 0.1) is 0 Å². The van der Waals surface area contributed by atoms with Crippen molar-refractivity contribution < 1.29 is 32.2 Å². The van der Waals surface area contributed by atoms with E-state index in [0.717, 1.165) is 48.9 Å². The molecule has 2 aromatic carbocycles. The van der Waals surface area contributed by atoms with E-state index < -0.39 is 37.3 Å². The highest BCUT2D eigenvalue weighted by atomic mass is 28.4. The van der Waals surface area contributed by atoms with Gasteiger partial charge in [-0.25, -0.2) is 4.98 Å². The first-order valence-electron chi connectivity index (χ1n) is 16.3. The molecule has 47 heavy (non-hydrogen) atoms. The Balaban J connectivity index is 1.69. The van der Waals surface area contributed by atoms with Gasteiger partial charge in [-0.15, -0.1) is 0 Å². The lowest BCUT2D eigenvalue weighted by atomic mass is 9.75. The molecule has 0 atom stereocenters. The fourth-order valence-corrected chi connectivity index (χ4v) is 6.89. The average Bonchev–Trinajstić information content (AvgIpc) is 3.47. The van der Waals surface area contributed by atoms with E-state index in [0.29, 0.717) is 13.2 Å². The second kappa shape index (κ2) is 14.4. The van der Waals surface area contributed by atoms with E-state index in [1.54, 1.807) is 4.90 Å². The molecule has 0 radical (unpaired) electrons. The topological polar surface area (TPSA) is 84.8 Å². The van der Waals surface area contributed by atoms with Crippen molar-refractivity contribution in [2.75, 3.05) is 13.2 Å². The van der Waals surface area contributed by atoms with Crippen LogP contribution in [0.1, 0.15) is 93.3 Å². The number of rotatable bonds is 12. The maximum absolute atomic E-state index is 14.3. The molecule has 3 aromatic rings. The number of ether oxygens (including phenoxy) is 1. The van der Waals surface area contributed by atoms with Crippen LogP contribution in [0.25, 0.3) is 0 Å². The average molecular weight is 672 g/mol. The molecule has 1 saturated carbocycles. The first-order chi connectivity index (χ1) is 21.9. The quantitative estimate of drug-likeness (QED) is 0.194. The van der Waals surface area contributed by atoms with Gasteiger partial charge in [-0.3, -0.25) is 4.79 Å². The summed E-state index contributed by atoms with van der Waals surface area (Å²) >= 11 is 0. The molecular weight excluding hydrogens is 623 g/mol. The lowest BCUT2D eigenvalue weighted by molar-refractivity contribution is -0.137. The second-order valence-corrected chi connectivity index (χ2v) is 19.2. The number of carbonyl (C=O) groups excluding carboxylic acids is 1. The van der Waals surface area contributed by atoms with Crippen molar-refractivity contribution in [2.45, 2.75) is 109 Å². The molecule has 1 N–H and O–H groups in total. The molecule has 7 nitrogen and oxygen atoms in total. The summed E-state index contributed by atoms with van der Waals surface area (Å²) in [7, 11) is -2.07. The van der Waals surface area contributed by atoms with Crippen LogP contribution in [0.4, 0.5) is 13.2 Å². The molecule has 4 rings (SSSR count). The van der Waals surface area contributed by atoms with Gasteiger partial charge in [0.1, 0.15) is 12.4 Å². The number of aromatic nitrogens is 2. The molecule has 0 unspecified atom stereocenters. The number of nitrogens with zero attached hydrogens (tertiary/aromatic N) is 3. The van der Waals surface area contributed by atoms with E-state index in [1.165, 1.54) is 12.1 Å². The summed E-state index contributed by atoms with van der Waals surface area (Å²) in [4.78, 5) is 25.1. The van der Waals surface area contributed by atoms with Crippen LogP contribution in [0.3, 0.4) is 0 Å². The minimum absolute atomic E-state index is 0.00866. The molecule has 1 fully saturated rings. The van der Waals surface area contributed by atoms with Crippen LogP contribution < -0.4 is 4.74 Å². The molecule has 256 valence electrons. The maximum Gasteiger partial charge on any atom is 0.416 e. The van der Waals surface area contributed by atoms with Crippen molar-refractivity contribution >= 4 is 14.2 Å². The fraction of sp³-hybridized carbons (Fsp3) is 0.528. The highest BCUT2D eigenvalue weighted by molar-refractivity contribution is 6.74. The van der Waals surface area contributed by atoms with Gasteiger partial charge in [0, 0.05) is 24.4 Å². The Labute approximate surface area is 277 Å². The molecule has 1 amide bonds. The normalized spacial score (nSPS) is 15.2. The third kappa shape index (κ3) is 8.73. The highest BCUT2D eigenvalue weighted by Gasteiger charge is 2.40. The first-order valence-corrected chi connectivity index (χ1v) is 19.2. The molecule has 0 bridgehead atoms. The standard InChI is InChI=1S/C36H48F3N3O4Si/c1-25(2)42(21-22-46-47(6,7)34(3,4)5)33(44)30-31(45-24-26-13-9-8-10-14-26)32(43)41-29(40-30)23-35(19-11-12-20-35)27-15-17-28(18-16-27)36(37,38)39/h8-10,13-18,25H,11-12,19-24H2,1-7H3,(H,40,41,43). The molecule has 0 aliphatic heterocycles. The van der Waals surface area contributed by atoms with Gasteiger partial charge < -0.3 is 19.2 Å². The number of alkyl halides is 3. The SMILES string of the molecule is CC(C)N(CCO[Si](C)(C)C(C)(C)C)C(=O)c1nc(CC2(c3ccc(C(F)(F)F)cc3)CCCC2)nc(O)c1OCc1ccccc1. The minimum atomic E-state index is -4.43. The maximum atomic E-state index is 14.3. The van der Waals surface area contributed by atoms with Crippen molar-refractivity contribution in [1.82, 2.24) is 14.9 Å². The highest BCUT2D eigenvalue weighted by Crippen LogP contribution is 2.45. The Kier molecular flexibility index (Phi) is 11.1. The summed E-state index contributed by atoms with van der Waals surface area (Å²) in [5.74, 6) is -0.735. The lowest BCUT2D eigenvalue weighted by Gasteiger charge is -2.37. The van der Waals surface area contributed by atoms with Gasteiger partial charge >= 0.3 is 6.18 Å². The van der Waals surface area contributed by atoms with Crippen molar-refractivity contribution in [3.8, 4) is 11.6 Å². The van der Waals surface area contributed by atoms with E-state index in [4.69, 9.17) is 14.1 Å². The monoisotopic (exact) mass is 671 g/mol. The van der Waals surface area contributed by atoms with E-state index >= 15 is 0 Å². The van der Waals surface area contributed by atoms with E-state index in [9.17, 15) is 23.1 Å². The van der Waals surface area contributed by atoms with Crippen molar-refractivity contribution in [1.29, 1.82) is 0 Å². The van der Waals surface area contributed by atoms with Crippen molar-refractivity contribution in [3.63, 3.8) is 0 Å². The van der Waals surface area contributed by atoms with Crippen LogP contribution in [0.2, 0.25) is 18.1 Å². The Morgan fingerprint density at radius 3 is 2.17 bits per heavy atom. The van der Waals surface area contributed by atoms with Gasteiger partial charge in [0.25, 0.3) is 11.8 Å². The number of hydrogen-bond donors (Lipinski definition) is 1. The van der Waals surface area contributed by atoms with E-state index in [-0.39, 0.29) is 41.4 Å². The Morgan fingerprint density at radius 2 is 1.62 bits per heavy atom. The molecule has 11 heteroatoms. The Bertz CT molecular complexity index is 1500. The summed E-state index contributed by atoms with van der Waals surface area (Å²) in [6.07, 6.45) is -0.943. The third-order valence-corrected chi connectivity index (χ3v) is 14.2. The summed E-state index contributed by atoms with van der Waals surface area (Å²) < 4.78 is 52.4. The van der Waals surface area contributed by atoms with Crippen LogP contribution in [0.15, 0.2) is 54.6 Å².